The van der Waals surface area contributed by atoms with Crippen LogP contribution in [0.15, 0.2) is 36.5 Å². The topological polar surface area (TPSA) is 105 Å². The Labute approximate surface area is 334 Å². The van der Waals surface area contributed by atoms with E-state index in [9.17, 15) is 19.4 Å². The second-order valence-electron chi connectivity index (χ2n) is 16.4. The maximum absolute atomic E-state index is 12.9. The SMILES string of the molecule is CCCCCCC/C=C/CC/C=C/CC/C=C/C(O)C(COP(=O)(O)OCC[N+](C)(C)C)NC(=O)CCCCCCCCCCCCCCCCCCC. The monoisotopic (exact) mass is 784 g/mol. The number of hydrogen-bond acceptors (Lipinski definition) is 5. The zero-order chi connectivity index (χ0) is 40.0. The van der Waals surface area contributed by atoms with Crippen molar-refractivity contribution in [2.45, 2.75) is 206 Å². The number of nitrogens with zero attached hydrogens (tertiary/aromatic N) is 1. The van der Waals surface area contributed by atoms with E-state index in [4.69, 9.17) is 9.05 Å². The van der Waals surface area contributed by atoms with Crippen molar-refractivity contribution in [1.29, 1.82) is 0 Å². The molecule has 318 valence electrons. The van der Waals surface area contributed by atoms with Crippen molar-refractivity contribution in [2.24, 2.45) is 0 Å². The number of unbranched alkanes of at least 4 members (excludes halogenated alkanes) is 23. The van der Waals surface area contributed by atoms with Crippen LogP contribution in [0.3, 0.4) is 0 Å². The lowest BCUT2D eigenvalue weighted by molar-refractivity contribution is -0.870. The molecule has 0 aliphatic heterocycles. The van der Waals surface area contributed by atoms with E-state index in [1.54, 1.807) is 6.08 Å². The Balaban J connectivity index is 4.47. The molecule has 0 aliphatic rings. The van der Waals surface area contributed by atoms with Gasteiger partial charge in [0.25, 0.3) is 0 Å². The molecule has 8 nitrogen and oxygen atoms in total. The van der Waals surface area contributed by atoms with E-state index < -0.39 is 20.0 Å². The van der Waals surface area contributed by atoms with E-state index in [0.29, 0.717) is 17.4 Å². The average molecular weight is 784 g/mol. The van der Waals surface area contributed by atoms with Gasteiger partial charge in [0.2, 0.25) is 5.91 Å². The largest absolute Gasteiger partial charge is 0.472 e. The van der Waals surface area contributed by atoms with Crippen LogP contribution in [0.4, 0.5) is 0 Å². The summed E-state index contributed by atoms with van der Waals surface area (Å²) in [6.07, 6.45) is 45.0. The molecular weight excluding hydrogens is 695 g/mol. The van der Waals surface area contributed by atoms with Gasteiger partial charge < -0.3 is 19.8 Å². The van der Waals surface area contributed by atoms with Crippen LogP contribution in [0.25, 0.3) is 0 Å². The van der Waals surface area contributed by atoms with E-state index in [0.717, 1.165) is 44.9 Å². The van der Waals surface area contributed by atoms with E-state index in [1.165, 1.54) is 128 Å². The second kappa shape index (κ2) is 37.3. The number of amides is 1. The van der Waals surface area contributed by atoms with E-state index >= 15 is 0 Å². The minimum Gasteiger partial charge on any atom is -0.387 e. The van der Waals surface area contributed by atoms with E-state index in [2.05, 4.69) is 43.5 Å². The quantitative estimate of drug-likeness (QED) is 0.0247. The molecule has 0 saturated heterocycles. The van der Waals surface area contributed by atoms with Gasteiger partial charge in [0.1, 0.15) is 13.2 Å². The number of quaternary nitrogens is 1. The maximum Gasteiger partial charge on any atom is 0.472 e. The Morgan fingerprint density at radius 1 is 0.611 bits per heavy atom. The summed E-state index contributed by atoms with van der Waals surface area (Å²) in [5.41, 5.74) is 0. The van der Waals surface area contributed by atoms with Gasteiger partial charge in [-0.2, -0.15) is 0 Å². The van der Waals surface area contributed by atoms with Crippen molar-refractivity contribution in [2.75, 3.05) is 40.9 Å². The zero-order valence-electron chi connectivity index (χ0n) is 36.0. The molecule has 3 unspecified atom stereocenters. The number of carbonyl (C=O) groups excluding carboxylic acids is 1. The normalized spacial score (nSPS) is 14.7. The highest BCUT2D eigenvalue weighted by atomic mass is 31.2. The predicted molar refractivity (Wildman–Crippen MR) is 231 cm³/mol. The van der Waals surface area contributed by atoms with Crippen molar-refractivity contribution >= 4 is 13.7 Å². The molecule has 0 saturated carbocycles. The molecule has 1 amide bonds. The lowest BCUT2D eigenvalue weighted by Gasteiger charge is -2.25. The molecule has 54 heavy (non-hydrogen) atoms. The Morgan fingerprint density at radius 2 is 1.02 bits per heavy atom. The van der Waals surface area contributed by atoms with Gasteiger partial charge in [-0.1, -0.05) is 179 Å². The van der Waals surface area contributed by atoms with Crippen LogP contribution in [0.2, 0.25) is 0 Å². The zero-order valence-corrected chi connectivity index (χ0v) is 36.9. The van der Waals surface area contributed by atoms with Gasteiger partial charge in [0.05, 0.1) is 39.9 Å². The molecule has 0 spiro atoms. The first-order valence-corrected chi connectivity index (χ1v) is 23.9. The van der Waals surface area contributed by atoms with Gasteiger partial charge in [0, 0.05) is 6.42 Å². The minimum absolute atomic E-state index is 0.0546. The molecule has 0 aliphatic carbocycles. The predicted octanol–water partition coefficient (Wildman–Crippen LogP) is 12.3. The number of nitrogens with one attached hydrogen (secondary N) is 1. The number of likely N-dealkylation sites (N-methyl/N-ethyl adjacent to an activating group) is 1. The van der Waals surface area contributed by atoms with Crippen LogP contribution >= 0.6 is 7.82 Å². The van der Waals surface area contributed by atoms with Gasteiger partial charge >= 0.3 is 7.82 Å². The van der Waals surface area contributed by atoms with Crippen LogP contribution in [0.5, 0.6) is 0 Å². The fourth-order valence-corrected chi connectivity index (χ4v) is 6.98. The fraction of sp³-hybridized carbons (Fsp3) is 0.844. The molecule has 0 radical (unpaired) electrons. The van der Waals surface area contributed by atoms with E-state index in [1.807, 2.05) is 27.2 Å². The molecule has 0 fully saturated rings. The summed E-state index contributed by atoms with van der Waals surface area (Å²) in [5.74, 6) is -0.191. The second-order valence-corrected chi connectivity index (χ2v) is 17.9. The molecule has 0 rings (SSSR count). The molecule has 9 heteroatoms. The van der Waals surface area contributed by atoms with Gasteiger partial charge in [0.15, 0.2) is 0 Å². The van der Waals surface area contributed by atoms with Crippen molar-refractivity contribution in [3.05, 3.63) is 36.5 Å². The maximum atomic E-state index is 12.9. The molecule has 3 N–H and O–H groups in total. The third-order valence-corrected chi connectivity index (χ3v) is 10.8. The van der Waals surface area contributed by atoms with Crippen LogP contribution in [-0.2, 0) is 18.4 Å². The third kappa shape index (κ3) is 39.0. The Kier molecular flexibility index (Phi) is 36.4. The average Bonchev–Trinajstić information content (AvgIpc) is 3.12. The lowest BCUT2D eigenvalue weighted by Crippen LogP contribution is -2.45. The van der Waals surface area contributed by atoms with Gasteiger partial charge in [-0.05, 0) is 44.9 Å². The summed E-state index contributed by atoms with van der Waals surface area (Å²) in [6.45, 7) is 4.77. The molecule has 3 atom stereocenters. The first-order chi connectivity index (χ1) is 26.0. The summed E-state index contributed by atoms with van der Waals surface area (Å²) >= 11 is 0. The summed E-state index contributed by atoms with van der Waals surface area (Å²) in [6, 6.07) is -0.865. The third-order valence-electron chi connectivity index (χ3n) is 9.84. The van der Waals surface area contributed by atoms with Crippen molar-refractivity contribution in [1.82, 2.24) is 5.32 Å². The molecule has 0 aromatic rings. The van der Waals surface area contributed by atoms with Crippen LogP contribution in [0, 0.1) is 0 Å². The summed E-state index contributed by atoms with van der Waals surface area (Å²) < 4.78 is 23.5. The molecule has 0 heterocycles. The first kappa shape index (κ1) is 52.7. The Morgan fingerprint density at radius 3 is 1.48 bits per heavy atom. The van der Waals surface area contributed by atoms with Crippen LogP contribution in [0.1, 0.15) is 194 Å². The Hall–Kier alpha value is -1.28. The molecule has 0 bridgehead atoms. The smallest absolute Gasteiger partial charge is 0.387 e. The van der Waals surface area contributed by atoms with Crippen molar-refractivity contribution in [3.8, 4) is 0 Å². The van der Waals surface area contributed by atoms with Gasteiger partial charge in [-0.25, -0.2) is 4.57 Å². The highest BCUT2D eigenvalue weighted by Crippen LogP contribution is 2.43. The number of rotatable bonds is 40. The van der Waals surface area contributed by atoms with Gasteiger partial charge in [-0.3, -0.25) is 13.8 Å². The fourth-order valence-electron chi connectivity index (χ4n) is 6.25. The number of allylic oxidation sites excluding steroid dienone is 5. The summed E-state index contributed by atoms with van der Waals surface area (Å²) in [7, 11) is 1.55. The summed E-state index contributed by atoms with van der Waals surface area (Å²) in [5, 5.41) is 13.8. The van der Waals surface area contributed by atoms with Gasteiger partial charge in [-0.15, -0.1) is 0 Å². The molecule has 0 aromatic heterocycles. The van der Waals surface area contributed by atoms with Crippen molar-refractivity contribution < 1.29 is 32.9 Å². The molecular formula is C45H88N2O6P+. The lowest BCUT2D eigenvalue weighted by atomic mass is 10.0. The minimum atomic E-state index is -4.34. The number of aliphatic hydroxyl groups is 1. The highest BCUT2D eigenvalue weighted by Gasteiger charge is 2.27. The Bertz CT molecular complexity index is 980. The highest BCUT2D eigenvalue weighted by molar-refractivity contribution is 7.47. The number of carbonyl (C=O) groups is 1. The van der Waals surface area contributed by atoms with Crippen molar-refractivity contribution in [3.63, 3.8) is 0 Å². The number of aliphatic hydroxyl groups excluding tert-OH is 1. The standard InChI is InChI=1S/C45H87N2O6P/c1-6-8-10-12-14-16-18-20-22-23-25-27-29-31-33-35-37-39-45(49)46-43(42-53-54(50,51)52-41-40-47(3,4)5)44(48)38-36-34-32-30-28-26-24-21-19-17-15-13-11-9-7-2/h19,21,28,30,36,38,43-44,48H,6-18,20,22-27,29,31-35,37,39-42H2,1-5H3,(H-,46,49,50,51)/p+1/b21-19+,30-28+,38-36+. The number of hydrogen-bond donors (Lipinski definition) is 3. The number of phosphoric ester groups is 1. The summed E-state index contributed by atoms with van der Waals surface area (Å²) in [4.78, 5) is 23.1. The first-order valence-electron chi connectivity index (χ1n) is 22.4. The number of phosphoric acid groups is 1. The van der Waals surface area contributed by atoms with Crippen LogP contribution in [-0.4, -0.2) is 73.4 Å². The van der Waals surface area contributed by atoms with Crippen LogP contribution < -0.4 is 5.32 Å². The molecule has 0 aromatic carbocycles. The van der Waals surface area contributed by atoms with E-state index in [-0.39, 0.29) is 19.1 Å².